The summed E-state index contributed by atoms with van der Waals surface area (Å²) in [6, 6.07) is 16.7. The average molecular weight is 472 g/mol. The van der Waals surface area contributed by atoms with E-state index in [0.29, 0.717) is 17.7 Å². The number of carbonyl (C=O) groups is 2. The highest BCUT2D eigenvalue weighted by Gasteiger charge is 2.42. The molecule has 1 heterocycles. The van der Waals surface area contributed by atoms with Gasteiger partial charge in [-0.25, -0.2) is 14.7 Å². The molecule has 9 heteroatoms. The van der Waals surface area contributed by atoms with E-state index in [2.05, 4.69) is 4.98 Å². The third kappa shape index (κ3) is 6.41. The second-order valence-electron chi connectivity index (χ2n) is 7.83. The van der Waals surface area contributed by atoms with Crippen LogP contribution in [0.25, 0.3) is 0 Å². The number of carboxylic acids is 1. The SMILES string of the molecule is Cc1cc(C(O)CCc2ccc(C(=O)O)cc2)cc(C(=O)N(Cc2ccccc2)C(F)(F)F)n1. The smallest absolute Gasteiger partial charge is 0.478 e. The normalized spacial score (nSPS) is 12.3. The molecule has 1 atom stereocenters. The predicted octanol–water partition coefficient (Wildman–Crippen LogP) is 4.92. The second kappa shape index (κ2) is 10.5. The molecular formula is C25H23F3N2O4. The summed E-state index contributed by atoms with van der Waals surface area (Å²) < 4.78 is 41.0. The molecule has 0 saturated carbocycles. The number of benzene rings is 2. The van der Waals surface area contributed by atoms with Gasteiger partial charge in [-0.2, -0.15) is 0 Å². The number of aliphatic hydroxyl groups excluding tert-OH is 1. The summed E-state index contributed by atoms with van der Waals surface area (Å²) >= 11 is 0. The Morgan fingerprint density at radius 3 is 2.24 bits per heavy atom. The minimum atomic E-state index is -4.92. The van der Waals surface area contributed by atoms with Gasteiger partial charge in [0.25, 0.3) is 5.91 Å². The molecule has 1 aromatic heterocycles. The van der Waals surface area contributed by atoms with Crippen LogP contribution in [0.1, 0.15) is 55.8 Å². The van der Waals surface area contributed by atoms with Gasteiger partial charge in [0.05, 0.1) is 18.2 Å². The van der Waals surface area contributed by atoms with Crippen LogP contribution in [0.3, 0.4) is 0 Å². The Morgan fingerprint density at radius 2 is 1.65 bits per heavy atom. The van der Waals surface area contributed by atoms with Gasteiger partial charge in [0.1, 0.15) is 5.69 Å². The number of aromatic nitrogens is 1. The van der Waals surface area contributed by atoms with Gasteiger partial charge < -0.3 is 10.2 Å². The Kier molecular flexibility index (Phi) is 7.68. The van der Waals surface area contributed by atoms with Crippen LogP contribution >= 0.6 is 0 Å². The molecule has 34 heavy (non-hydrogen) atoms. The number of carboxylic acid groups (broad SMARTS) is 1. The van der Waals surface area contributed by atoms with Crippen molar-refractivity contribution in [3.63, 3.8) is 0 Å². The quantitative estimate of drug-likeness (QED) is 0.455. The highest BCUT2D eigenvalue weighted by Crippen LogP contribution is 2.27. The average Bonchev–Trinajstić information content (AvgIpc) is 2.80. The monoisotopic (exact) mass is 472 g/mol. The summed E-state index contributed by atoms with van der Waals surface area (Å²) in [5.41, 5.74) is 1.41. The third-order valence-electron chi connectivity index (χ3n) is 5.22. The number of halogens is 3. The molecule has 0 radical (unpaired) electrons. The summed E-state index contributed by atoms with van der Waals surface area (Å²) in [6.45, 7) is 0.871. The lowest BCUT2D eigenvalue weighted by Gasteiger charge is -2.25. The Labute approximate surface area is 194 Å². The maximum Gasteiger partial charge on any atom is 0.487 e. The van der Waals surface area contributed by atoms with Crippen molar-refractivity contribution in [3.8, 4) is 0 Å². The number of carbonyl (C=O) groups excluding carboxylic acids is 1. The van der Waals surface area contributed by atoms with E-state index < -0.39 is 36.5 Å². The molecule has 0 saturated heterocycles. The van der Waals surface area contributed by atoms with Gasteiger partial charge in [0.2, 0.25) is 0 Å². The number of hydrogen-bond donors (Lipinski definition) is 2. The first-order chi connectivity index (χ1) is 16.0. The number of aliphatic hydroxyl groups is 1. The first kappa shape index (κ1) is 24.9. The minimum Gasteiger partial charge on any atom is -0.478 e. The van der Waals surface area contributed by atoms with Crippen molar-refractivity contribution < 1.29 is 33.0 Å². The van der Waals surface area contributed by atoms with Crippen molar-refractivity contribution in [1.82, 2.24) is 9.88 Å². The Balaban J connectivity index is 1.78. The fraction of sp³-hybridized carbons (Fsp3) is 0.240. The van der Waals surface area contributed by atoms with Gasteiger partial charge in [-0.15, -0.1) is 13.2 Å². The lowest BCUT2D eigenvalue weighted by molar-refractivity contribution is -0.228. The van der Waals surface area contributed by atoms with E-state index >= 15 is 0 Å². The second-order valence-corrected chi connectivity index (χ2v) is 7.83. The lowest BCUT2D eigenvalue weighted by atomic mass is 10.00. The van der Waals surface area contributed by atoms with Crippen LogP contribution in [0.4, 0.5) is 13.2 Å². The molecule has 3 aromatic rings. The highest BCUT2D eigenvalue weighted by atomic mass is 19.4. The molecule has 3 rings (SSSR count). The van der Waals surface area contributed by atoms with Gasteiger partial charge >= 0.3 is 12.3 Å². The zero-order valence-corrected chi connectivity index (χ0v) is 18.3. The van der Waals surface area contributed by atoms with Gasteiger partial charge in [-0.3, -0.25) is 4.79 Å². The lowest BCUT2D eigenvalue weighted by Crippen LogP contribution is -2.42. The zero-order chi connectivity index (χ0) is 24.9. The first-order valence-corrected chi connectivity index (χ1v) is 10.5. The molecule has 0 spiro atoms. The largest absolute Gasteiger partial charge is 0.487 e. The summed E-state index contributed by atoms with van der Waals surface area (Å²) in [6.07, 6.45) is -5.36. The van der Waals surface area contributed by atoms with Crippen molar-refractivity contribution in [2.75, 3.05) is 0 Å². The van der Waals surface area contributed by atoms with E-state index in [-0.39, 0.29) is 22.4 Å². The third-order valence-corrected chi connectivity index (χ3v) is 5.22. The van der Waals surface area contributed by atoms with E-state index in [1.54, 1.807) is 30.3 Å². The van der Waals surface area contributed by atoms with E-state index in [1.807, 2.05) is 0 Å². The van der Waals surface area contributed by atoms with Crippen LogP contribution in [0.15, 0.2) is 66.7 Å². The molecule has 0 fully saturated rings. The predicted molar refractivity (Wildman–Crippen MR) is 118 cm³/mol. The van der Waals surface area contributed by atoms with Crippen LogP contribution in [-0.2, 0) is 13.0 Å². The summed E-state index contributed by atoms with van der Waals surface area (Å²) in [7, 11) is 0. The number of hydrogen-bond acceptors (Lipinski definition) is 4. The molecule has 2 N–H and O–H groups in total. The summed E-state index contributed by atoms with van der Waals surface area (Å²) in [5, 5.41) is 19.6. The topological polar surface area (TPSA) is 90.7 Å². The Morgan fingerprint density at radius 1 is 1.00 bits per heavy atom. The zero-order valence-electron chi connectivity index (χ0n) is 18.3. The van der Waals surface area contributed by atoms with Crippen LogP contribution in [-0.4, -0.2) is 38.3 Å². The fourth-order valence-corrected chi connectivity index (χ4v) is 3.46. The van der Waals surface area contributed by atoms with Crippen molar-refractivity contribution in [1.29, 1.82) is 0 Å². The summed E-state index contributed by atoms with van der Waals surface area (Å²) in [5.74, 6) is -2.35. The van der Waals surface area contributed by atoms with Gasteiger partial charge in [0, 0.05) is 5.69 Å². The molecule has 178 valence electrons. The Bertz CT molecular complexity index is 1150. The van der Waals surface area contributed by atoms with Gasteiger partial charge in [-0.1, -0.05) is 42.5 Å². The maximum absolute atomic E-state index is 13.7. The number of pyridine rings is 1. The molecule has 0 bridgehead atoms. The molecule has 2 aromatic carbocycles. The van der Waals surface area contributed by atoms with Crippen molar-refractivity contribution in [3.05, 3.63) is 100 Å². The number of aromatic carboxylic acids is 1. The fourth-order valence-electron chi connectivity index (χ4n) is 3.46. The molecule has 1 unspecified atom stereocenters. The number of aryl methyl sites for hydroxylation is 2. The van der Waals surface area contributed by atoms with E-state index in [1.165, 1.54) is 43.3 Å². The molecule has 0 aliphatic carbocycles. The molecular weight excluding hydrogens is 449 g/mol. The van der Waals surface area contributed by atoms with Crippen molar-refractivity contribution in [2.45, 2.75) is 38.7 Å². The number of rotatable bonds is 8. The van der Waals surface area contributed by atoms with E-state index in [9.17, 15) is 27.9 Å². The van der Waals surface area contributed by atoms with Crippen molar-refractivity contribution >= 4 is 11.9 Å². The van der Waals surface area contributed by atoms with E-state index in [4.69, 9.17) is 5.11 Å². The van der Waals surface area contributed by atoms with Gasteiger partial charge in [-0.05, 0) is 60.7 Å². The number of nitrogens with zero attached hydrogens (tertiary/aromatic N) is 2. The molecule has 1 amide bonds. The minimum absolute atomic E-state index is 0.141. The van der Waals surface area contributed by atoms with Crippen LogP contribution < -0.4 is 0 Å². The molecule has 6 nitrogen and oxygen atoms in total. The Hall–Kier alpha value is -3.72. The van der Waals surface area contributed by atoms with Crippen LogP contribution in [0.2, 0.25) is 0 Å². The molecule has 0 aliphatic rings. The van der Waals surface area contributed by atoms with Crippen LogP contribution in [0.5, 0.6) is 0 Å². The van der Waals surface area contributed by atoms with E-state index in [0.717, 1.165) is 5.56 Å². The number of amides is 1. The highest BCUT2D eigenvalue weighted by molar-refractivity contribution is 5.92. The number of alkyl halides is 3. The standard InChI is InChI=1S/C25H23F3N2O4/c1-16-13-20(22(31)12-9-17-7-10-19(11-8-17)24(33)34)14-21(29-16)23(32)30(25(26,27)28)15-18-5-3-2-4-6-18/h2-8,10-11,13-14,22,31H,9,12,15H2,1H3,(H,33,34). The summed E-state index contributed by atoms with van der Waals surface area (Å²) in [4.78, 5) is 27.5. The van der Waals surface area contributed by atoms with Crippen LogP contribution in [0, 0.1) is 6.92 Å². The maximum atomic E-state index is 13.7. The molecule has 0 aliphatic heterocycles. The van der Waals surface area contributed by atoms with Gasteiger partial charge in [0.15, 0.2) is 0 Å². The first-order valence-electron chi connectivity index (χ1n) is 10.5. The van der Waals surface area contributed by atoms with Crippen molar-refractivity contribution in [2.24, 2.45) is 0 Å².